The number of benzene rings is 1. The molecule has 4 aliphatic rings. The molecule has 5 rings (SSSR count). The third-order valence-corrected chi connectivity index (χ3v) is 9.47. The van der Waals surface area contributed by atoms with Gasteiger partial charge in [-0.25, -0.2) is 0 Å². The van der Waals surface area contributed by atoms with Gasteiger partial charge in [-0.15, -0.1) is 0 Å². The first-order valence-electron chi connectivity index (χ1n) is 14.8. The van der Waals surface area contributed by atoms with Crippen LogP contribution in [0.5, 0.6) is 0 Å². The smallest absolute Gasteiger partial charge is 0.313 e. The molecule has 0 unspecified atom stereocenters. The van der Waals surface area contributed by atoms with E-state index in [9.17, 15) is 24.3 Å². The van der Waals surface area contributed by atoms with E-state index in [0.29, 0.717) is 41.0 Å². The molecule has 1 aromatic rings. The Morgan fingerprint density at radius 2 is 1.81 bits per heavy atom. The molecule has 232 valence electrons. The molecule has 1 aromatic carbocycles. The molecule has 2 N–H and O–H groups in total. The minimum atomic E-state index is -1.37. The Morgan fingerprint density at radius 1 is 1.07 bits per heavy atom. The minimum Gasteiger partial charge on any atom is -0.460 e. The van der Waals surface area contributed by atoms with Crippen LogP contribution in [0.1, 0.15) is 45.4 Å². The number of nitrogens with zero attached hydrogens (tertiary/aromatic N) is 2. The van der Waals surface area contributed by atoms with E-state index in [4.69, 9.17) is 21.1 Å². The number of halogens is 2. The Bertz CT molecular complexity index is 1300. The number of cyclic esters (lactones) is 1. The molecule has 3 amide bonds. The van der Waals surface area contributed by atoms with Crippen molar-refractivity contribution in [1.82, 2.24) is 10.2 Å². The first kappa shape index (κ1) is 31.7. The van der Waals surface area contributed by atoms with Gasteiger partial charge in [-0.1, -0.05) is 52.5 Å². The number of carbonyl (C=O) groups excluding carboxylic acids is 4. The Balaban J connectivity index is 1.57. The summed E-state index contributed by atoms with van der Waals surface area (Å²) >= 11 is 9.72. The topological polar surface area (TPSA) is 125 Å². The van der Waals surface area contributed by atoms with Crippen molar-refractivity contribution < 1.29 is 33.8 Å². The molecule has 4 aliphatic heterocycles. The molecule has 0 aliphatic carbocycles. The van der Waals surface area contributed by atoms with Gasteiger partial charge in [0, 0.05) is 41.3 Å². The first-order valence-corrected chi connectivity index (χ1v) is 16.0. The number of hydrogen-bond donors (Lipinski definition) is 2. The summed E-state index contributed by atoms with van der Waals surface area (Å²) in [5.41, 5.74) is -0.781. The van der Waals surface area contributed by atoms with Gasteiger partial charge in [0.15, 0.2) is 0 Å². The second-order valence-corrected chi connectivity index (χ2v) is 12.8. The maximum Gasteiger partial charge on any atom is 0.313 e. The van der Waals surface area contributed by atoms with Crippen LogP contribution in [-0.4, -0.2) is 83.8 Å². The highest BCUT2D eigenvalue weighted by atomic mass is 79.9. The first-order chi connectivity index (χ1) is 20.7. The maximum atomic E-state index is 14.7. The second kappa shape index (κ2) is 13.5. The zero-order chi connectivity index (χ0) is 30.7. The second-order valence-electron chi connectivity index (χ2n) is 11.5. The summed E-state index contributed by atoms with van der Waals surface area (Å²) < 4.78 is 12.9. The van der Waals surface area contributed by atoms with Gasteiger partial charge in [-0.05, 0) is 56.5 Å². The number of amides is 3. The number of carbonyl (C=O) groups is 4. The predicted octanol–water partition coefficient (Wildman–Crippen LogP) is 3.50. The van der Waals surface area contributed by atoms with Gasteiger partial charge in [0.1, 0.15) is 29.8 Å². The molecule has 2 fully saturated rings. The van der Waals surface area contributed by atoms with Crippen LogP contribution in [0.15, 0.2) is 47.0 Å². The van der Waals surface area contributed by atoms with Gasteiger partial charge >= 0.3 is 5.97 Å². The summed E-state index contributed by atoms with van der Waals surface area (Å²) in [4.78, 5) is 58.1. The van der Waals surface area contributed by atoms with E-state index < -0.39 is 41.7 Å². The Labute approximate surface area is 264 Å². The van der Waals surface area contributed by atoms with Crippen LogP contribution in [0.3, 0.4) is 0 Å². The van der Waals surface area contributed by atoms with E-state index in [1.54, 1.807) is 47.1 Å². The summed E-state index contributed by atoms with van der Waals surface area (Å²) in [6.07, 6.45) is 7.61. The van der Waals surface area contributed by atoms with Crippen molar-refractivity contribution in [2.45, 2.75) is 69.3 Å². The molecular weight excluding hydrogens is 642 g/mol. The average Bonchev–Trinajstić information content (AvgIpc) is 3.57. The molecule has 4 heterocycles. The number of ether oxygens (including phenoxy) is 2. The van der Waals surface area contributed by atoms with Crippen LogP contribution in [-0.2, 0) is 28.7 Å². The molecule has 12 heteroatoms. The van der Waals surface area contributed by atoms with E-state index in [-0.39, 0.29) is 43.8 Å². The van der Waals surface area contributed by atoms with Gasteiger partial charge < -0.3 is 29.7 Å². The highest BCUT2D eigenvalue weighted by Crippen LogP contribution is 2.59. The van der Waals surface area contributed by atoms with E-state index in [1.165, 1.54) is 0 Å². The van der Waals surface area contributed by atoms with E-state index in [0.717, 1.165) is 12.8 Å². The van der Waals surface area contributed by atoms with E-state index in [1.807, 2.05) is 12.2 Å². The summed E-state index contributed by atoms with van der Waals surface area (Å²) in [6.45, 7) is 2.41. The molecule has 43 heavy (non-hydrogen) atoms. The van der Waals surface area contributed by atoms with Crippen molar-refractivity contribution >= 4 is 56.9 Å². The molecule has 6 atom stereocenters. The van der Waals surface area contributed by atoms with Crippen molar-refractivity contribution in [3.63, 3.8) is 0 Å². The van der Waals surface area contributed by atoms with Gasteiger partial charge in [-0.2, -0.15) is 0 Å². The molecule has 1 spiro atoms. The number of hydrogen-bond acceptors (Lipinski definition) is 7. The summed E-state index contributed by atoms with van der Waals surface area (Å²) in [6, 6.07) is 5.85. The third kappa shape index (κ3) is 6.27. The maximum absolute atomic E-state index is 14.7. The molecular formula is C31H37BrClN3O7. The van der Waals surface area contributed by atoms with Crippen molar-refractivity contribution in [3.05, 3.63) is 52.0 Å². The minimum absolute atomic E-state index is 0.0957. The van der Waals surface area contributed by atoms with Crippen LogP contribution < -0.4 is 10.2 Å². The van der Waals surface area contributed by atoms with Gasteiger partial charge in [0.2, 0.25) is 11.8 Å². The van der Waals surface area contributed by atoms with Crippen LogP contribution in [0.25, 0.3) is 0 Å². The van der Waals surface area contributed by atoms with Gasteiger partial charge in [0.25, 0.3) is 5.91 Å². The van der Waals surface area contributed by atoms with Crippen LogP contribution in [0.4, 0.5) is 5.69 Å². The van der Waals surface area contributed by atoms with Crippen LogP contribution in [0, 0.1) is 11.8 Å². The summed E-state index contributed by atoms with van der Waals surface area (Å²) in [5, 5.41) is 12.5. The highest BCUT2D eigenvalue weighted by molar-refractivity contribution is 9.11. The molecule has 5 bridgehead atoms. The van der Waals surface area contributed by atoms with Crippen LogP contribution >= 0.6 is 27.5 Å². The number of nitrogens with one attached hydrogen (secondary N) is 1. The van der Waals surface area contributed by atoms with Gasteiger partial charge in [0.05, 0.1) is 12.5 Å². The number of anilines is 1. The number of likely N-dealkylation sites (tertiary alicyclic amines) is 1. The van der Waals surface area contributed by atoms with E-state index in [2.05, 4.69) is 21.2 Å². The molecule has 0 radical (unpaired) electrons. The number of aliphatic hydroxyl groups is 1. The number of allylic oxidation sites excluding steroid dienone is 1. The summed E-state index contributed by atoms with van der Waals surface area (Å²) in [7, 11) is 0. The monoisotopic (exact) mass is 677 g/mol. The van der Waals surface area contributed by atoms with Crippen molar-refractivity contribution in [3.8, 4) is 0 Å². The van der Waals surface area contributed by atoms with Crippen LogP contribution in [0.2, 0.25) is 5.02 Å². The normalized spacial score (nSPS) is 32.0. The predicted molar refractivity (Wildman–Crippen MR) is 163 cm³/mol. The fraction of sp³-hybridized carbons (Fsp3) is 0.548. The standard InChI is InChI=1S/C31H37BrClN3O7/c1-19-18-34-23(38)9-5-4-7-14-35(21-12-10-20(33)11-13-21)29(40)27-31-17-22(32)26(43-31)24(30(41)42-19)25(31)28(39)36(27)15-6-2-3-8-16-37/h4,7,10-13,17,19,24-27,37H,2-3,5-6,8-9,14-16,18H2,1H3,(H,34,38)/b7-4-/t19-,24+,25-,26+,27+,31-/m1/s1. The Kier molecular flexibility index (Phi) is 9.95. The SMILES string of the molecule is C[C@@H]1CNC(=O)CC/C=C\CN(c2ccc(Cl)cc2)C(=O)[C@@H]2N(CCCCCCO)C(=O)[C@H]3[C@H](C(=O)O1)[C@H]1O[C@@]23C=C1Br. The lowest BCUT2D eigenvalue weighted by Gasteiger charge is -2.36. The number of esters is 1. The fourth-order valence-electron chi connectivity index (χ4n) is 6.52. The zero-order valence-electron chi connectivity index (χ0n) is 24.0. The summed E-state index contributed by atoms with van der Waals surface area (Å²) in [5.74, 6) is -3.36. The molecule has 10 nitrogen and oxygen atoms in total. The lowest BCUT2D eigenvalue weighted by Crippen LogP contribution is -2.56. The molecule has 2 saturated heterocycles. The lowest BCUT2D eigenvalue weighted by molar-refractivity contribution is -0.158. The van der Waals surface area contributed by atoms with Crippen molar-refractivity contribution in [1.29, 1.82) is 0 Å². The number of fused-ring (bicyclic) bond motifs is 2. The quantitative estimate of drug-likeness (QED) is 0.257. The number of rotatable bonds is 7. The Hall–Kier alpha value is -2.73. The van der Waals surface area contributed by atoms with Gasteiger partial charge in [-0.3, -0.25) is 19.2 Å². The average molecular weight is 679 g/mol. The lowest BCUT2D eigenvalue weighted by atomic mass is 9.74. The van der Waals surface area contributed by atoms with E-state index >= 15 is 0 Å². The van der Waals surface area contributed by atoms with Crippen molar-refractivity contribution in [2.75, 3.05) is 31.1 Å². The zero-order valence-corrected chi connectivity index (χ0v) is 26.4. The molecule has 0 saturated carbocycles. The largest absolute Gasteiger partial charge is 0.460 e. The number of aliphatic hydroxyl groups excluding tert-OH is 1. The fourth-order valence-corrected chi connectivity index (χ4v) is 7.38. The third-order valence-electron chi connectivity index (χ3n) is 8.54. The highest BCUT2D eigenvalue weighted by Gasteiger charge is 2.74. The number of unbranched alkanes of at least 4 members (excludes halogenated alkanes) is 3. The molecule has 0 aromatic heterocycles. The van der Waals surface area contributed by atoms with Crippen molar-refractivity contribution in [2.24, 2.45) is 11.8 Å². The Morgan fingerprint density at radius 3 is 2.56 bits per heavy atom.